The molecule has 0 unspecified atom stereocenters. The van der Waals surface area contributed by atoms with Crippen molar-refractivity contribution in [3.63, 3.8) is 0 Å². The Bertz CT molecular complexity index is 1050. The van der Waals surface area contributed by atoms with Gasteiger partial charge in [0.25, 0.3) is 5.91 Å². The number of carbonyl (C=O) groups is 1. The lowest BCUT2D eigenvalue weighted by atomic mass is 9.89. The fourth-order valence-corrected chi connectivity index (χ4v) is 4.44. The van der Waals surface area contributed by atoms with Gasteiger partial charge in [0, 0.05) is 30.2 Å². The van der Waals surface area contributed by atoms with Crippen LogP contribution in [0, 0.1) is 5.92 Å². The number of rotatable bonds is 14. The number of primary amides is 1. The van der Waals surface area contributed by atoms with E-state index in [1.54, 1.807) is 0 Å². The fraction of sp³-hybridized carbons (Fsp3) is 0.536. The van der Waals surface area contributed by atoms with Crippen LogP contribution in [-0.4, -0.2) is 60.5 Å². The van der Waals surface area contributed by atoms with Gasteiger partial charge in [-0.25, -0.2) is 9.97 Å². The first-order chi connectivity index (χ1) is 17.2. The number of aryl methyl sites for hydroxylation is 2. The fourth-order valence-electron chi connectivity index (χ4n) is 4.44. The number of benzene rings is 1. The number of aromatic nitrogens is 2. The van der Waals surface area contributed by atoms with Crippen LogP contribution in [0.3, 0.4) is 0 Å². The summed E-state index contributed by atoms with van der Waals surface area (Å²) in [5.74, 6) is 0.590. The van der Waals surface area contributed by atoms with Crippen LogP contribution in [0.4, 0.5) is 11.5 Å². The molecule has 8 heteroatoms. The second-order valence-corrected chi connectivity index (χ2v) is 10.1. The Balaban J connectivity index is 1.68. The molecule has 196 valence electrons. The maximum atomic E-state index is 12.1. The van der Waals surface area contributed by atoms with Gasteiger partial charge in [-0.05, 0) is 76.9 Å². The molecule has 1 aromatic carbocycles. The van der Waals surface area contributed by atoms with E-state index in [9.17, 15) is 4.79 Å². The highest BCUT2D eigenvalue weighted by Crippen LogP contribution is 2.41. The maximum absolute atomic E-state index is 12.1. The van der Waals surface area contributed by atoms with Crippen molar-refractivity contribution in [2.24, 2.45) is 17.4 Å². The average Bonchev–Trinajstić information content (AvgIpc) is 3.70. The highest BCUT2D eigenvalue weighted by Gasteiger charge is 2.30. The normalized spacial score (nSPS) is 16.3. The second kappa shape index (κ2) is 12.9. The zero-order chi connectivity index (χ0) is 26.2. The lowest BCUT2D eigenvalue weighted by molar-refractivity contribution is 0.0996. The zero-order valence-electron chi connectivity index (χ0n) is 22.4. The minimum absolute atomic E-state index is 0.0538. The van der Waals surface area contributed by atoms with Gasteiger partial charge in [-0.2, -0.15) is 0 Å². The molecule has 36 heavy (non-hydrogen) atoms. The minimum atomic E-state index is -0.572. The predicted molar refractivity (Wildman–Crippen MR) is 148 cm³/mol. The van der Waals surface area contributed by atoms with Gasteiger partial charge in [-0.1, -0.05) is 38.1 Å². The van der Waals surface area contributed by atoms with Crippen LogP contribution < -0.4 is 22.1 Å². The van der Waals surface area contributed by atoms with Gasteiger partial charge in [0.15, 0.2) is 11.5 Å². The molecular formula is C28H43N7O. The molecular weight excluding hydrogens is 450 g/mol. The Kier molecular flexibility index (Phi) is 9.98. The molecule has 1 fully saturated rings. The molecule has 6 N–H and O–H groups in total. The highest BCUT2D eigenvalue weighted by atomic mass is 16.1. The third-order valence-electron chi connectivity index (χ3n) is 6.88. The summed E-state index contributed by atoms with van der Waals surface area (Å²) in [5, 5.41) is 6.69. The largest absolute Gasteiger partial charge is 0.364 e. The molecule has 0 spiro atoms. The molecule has 1 heterocycles. The quantitative estimate of drug-likeness (QED) is 0.298. The highest BCUT2D eigenvalue weighted by molar-refractivity contribution is 5.96. The third-order valence-corrected chi connectivity index (χ3v) is 6.88. The molecule has 2 aromatic rings. The molecule has 1 aliphatic carbocycles. The topological polar surface area (TPSA) is 122 Å². The molecule has 1 amide bonds. The standard InChI is InChI=1S/C28H43N7O/c1-6-23-25(20-13-14-20)34-28(26(33-23)27(30)36)32-21-10-7-9-19(17-21)12-15-22(29)18(2)24(31-3)11-8-16-35(4)5/h7-11,17-18,20,22,24,31H,6,12-16,29H2,1-5H3,(H2,30,36)(H,32,34)/b11-8+/t18-,22-,24-/m0/s1. The van der Waals surface area contributed by atoms with Crippen molar-refractivity contribution in [1.82, 2.24) is 20.2 Å². The van der Waals surface area contributed by atoms with E-state index in [-0.39, 0.29) is 17.8 Å². The first-order valence-electron chi connectivity index (χ1n) is 13.0. The first kappa shape index (κ1) is 27.8. The van der Waals surface area contributed by atoms with E-state index < -0.39 is 5.91 Å². The number of nitrogens with one attached hydrogen (secondary N) is 2. The number of hydrogen-bond donors (Lipinski definition) is 4. The average molecular weight is 494 g/mol. The molecule has 8 nitrogen and oxygen atoms in total. The van der Waals surface area contributed by atoms with Gasteiger partial charge in [0.05, 0.1) is 11.4 Å². The molecule has 0 radical (unpaired) electrons. The van der Waals surface area contributed by atoms with Gasteiger partial charge < -0.3 is 27.0 Å². The predicted octanol–water partition coefficient (Wildman–Crippen LogP) is 3.36. The molecule has 3 atom stereocenters. The summed E-state index contributed by atoms with van der Waals surface area (Å²) in [6, 6.07) is 8.44. The summed E-state index contributed by atoms with van der Waals surface area (Å²) < 4.78 is 0. The van der Waals surface area contributed by atoms with E-state index in [0.717, 1.165) is 55.7 Å². The molecule has 0 bridgehead atoms. The molecule has 1 aliphatic rings. The molecule has 1 saturated carbocycles. The number of amides is 1. The smallest absolute Gasteiger partial charge is 0.271 e. The van der Waals surface area contributed by atoms with Gasteiger partial charge in [0.2, 0.25) is 0 Å². The Labute approximate surface area is 216 Å². The molecule has 0 aliphatic heterocycles. The monoisotopic (exact) mass is 493 g/mol. The third kappa shape index (κ3) is 7.59. The van der Waals surface area contributed by atoms with Crippen molar-refractivity contribution in [3.8, 4) is 0 Å². The van der Waals surface area contributed by atoms with Gasteiger partial charge in [0.1, 0.15) is 0 Å². The van der Waals surface area contributed by atoms with Crippen molar-refractivity contribution < 1.29 is 4.79 Å². The first-order valence-corrected chi connectivity index (χ1v) is 13.0. The lowest BCUT2D eigenvalue weighted by Gasteiger charge is -2.27. The van der Waals surface area contributed by atoms with Crippen molar-refractivity contribution in [2.45, 2.75) is 64.0 Å². The van der Waals surface area contributed by atoms with Crippen molar-refractivity contribution in [1.29, 1.82) is 0 Å². The number of carbonyl (C=O) groups excluding carboxylic acids is 1. The summed E-state index contributed by atoms with van der Waals surface area (Å²) in [7, 11) is 6.10. The Hall–Kier alpha value is -2.81. The number of likely N-dealkylation sites (N-methyl/N-ethyl adjacent to an activating group) is 2. The Morgan fingerprint density at radius 2 is 2.03 bits per heavy atom. The van der Waals surface area contributed by atoms with Crippen LogP contribution in [0.25, 0.3) is 0 Å². The number of anilines is 2. The summed E-state index contributed by atoms with van der Waals surface area (Å²) in [4.78, 5) is 23.6. The summed E-state index contributed by atoms with van der Waals surface area (Å²) in [6.07, 6.45) is 9.09. The van der Waals surface area contributed by atoms with E-state index in [4.69, 9.17) is 16.5 Å². The molecule has 3 rings (SSSR count). The van der Waals surface area contributed by atoms with Crippen molar-refractivity contribution in [3.05, 3.63) is 59.1 Å². The zero-order valence-corrected chi connectivity index (χ0v) is 22.4. The summed E-state index contributed by atoms with van der Waals surface area (Å²) in [6.45, 7) is 5.14. The minimum Gasteiger partial charge on any atom is -0.364 e. The van der Waals surface area contributed by atoms with E-state index >= 15 is 0 Å². The maximum Gasteiger partial charge on any atom is 0.271 e. The van der Waals surface area contributed by atoms with Crippen molar-refractivity contribution in [2.75, 3.05) is 33.0 Å². The number of nitrogens with two attached hydrogens (primary N) is 2. The number of nitrogens with zero attached hydrogens (tertiary/aromatic N) is 3. The van der Waals surface area contributed by atoms with Gasteiger partial charge in [-0.15, -0.1) is 0 Å². The summed E-state index contributed by atoms with van der Waals surface area (Å²) >= 11 is 0. The van der Waals surface area contributed by atoms with E-state index in [1.165, 1.54) is 5.56 Å². The van der Waals surface area contributed by atoms with E-state index in [0.29, 0.717) is 17.7 Å². The summed E-state index contributed by atoms with van der Waals surface area (Å²) in [5.41, 5.74) is 16.3. The molecule has 1 aromatic heterocycles. The van der Waals surface area contributed by atoms with Crippen LogP contribution >= 0.6 is 0 Å². The van der Waals surface area contributed by atoms with Crippen LogP contribution in [0.15, 0.2) is 36.4 Å². The van der Waals surface area contributed by atoms with Crippen LogP contribution in [0.5, 0.6) is 0 Å². The van der Waals surface area contributed by atoms with Gasteiger partial charge in [-0.3, -0.25) is 4.79 Å². The number of hydrogen-bond acceptors (Lipinski definition) is 7. The van der Waals surface area contributed by atoms with Crippen molar-refractivity contribution >= 4 is 17.4 Å². The van der Waals surface area contributed by atoms with Crippen LogP contribution in [-0.2, 0) is 12.8 Å². The lowest BCUT2D eigenvalue weighted by Crippen LogP contribution is -2.41. The van der Waals surface area contributed by atoms with Crippen LogP contribution in [0.1, 0.15) is 66.5 Å². The van der Waals surface area contributed by atoms with Gasteiger partial charge >= 0.3 is 0 Å². The van der Waals surface area contributed by atoms with E-state index in [1.807, 2.05) is 26.1 Å². The Morgan fingerprint density at radius 3 is 2.64 bits per heavy atom. The van der Waals surface area contributed by atoms with E-state index in [2.05, 4.69) is 65.8 Å². The Morgan fingerprint density at radius 1 is 1.28 bits per heavy atom. The SMILES string of the molecule is CCc1nc(C(N)=O)c(Nc2cccc(CC[C@H](N)[C@H](C)[C@H](/C=C/CN(C)C)NC)c2)nc1C1CC1. The molecule has 0 saturated heterocycles. The second-order valence-electron chi connectivity index (χ2n) is 10.1. The van der Waals surface area contributed by atoms with Crippen LogP contribution in [0.2, 0.25) is 0 Å².